The molecule has 0 atom stereocenters. The molecule has 0 aliphatic rings. The Hall–Kier alpha value is -1.90. The molecule has 0 aliphatic heterocycles. The van der Waals surface area contributed by atoms with Crippen molar-refractivity contribution >= 4 is 12.2 Å². The van der Waals surface area contributed by atoms with Crippen LogP contribution in [0.15, 0.2) is 0 Å². The van der Waals surface area contributed by atoms with Gasteiger partial charge in [0.25, 0.3) is 0 Å². The van der Waals surface area contributed by atoms with E-state index in [2.05, 4.69) is 32.2 Å². The molecule has 14 heavy (non-hydrogen) atoms. The lowest BCUT2D eigenvalue weighted by Gasteiger charge is -1.97. The van der Waals surface area contributed by atoms with Crippen molar-refractivity contribution in [1.82, 2.24) is 10.6 Å². The second kappa shape index (κ2) is 7.73. The van der Waals surface area contributed by atoms with Gasteiger partial charge in [0, 0.05) is 12.1 Å². The summed E-state index contributed by atoms with van der Waals surface area (Å²) in [6.07, 6.45) is -1.32. The van der Waals surface area contributed by atoms with E-state index in [1.807, 2.05) is 0 Å². The summed E-state index contributed by atoms with van der Waals surface area (Å²) in [6, 6.07) is 4.35. The zero-order valence-corrected chi connectivity index (χ0v) is 8.05. The molecule has 0 fully saturated rings. The van der Waals surface area contributed by atoms with Crippen LogP contribution in [0.3, 0.4) is 0 Å². The molecular weight excluding hydrogens is 188 g/mol. The average Bonchev–Trinajstić information content (AvgIpc) is 2.13. The van der Waals surface area contributed by atoms with Gasteiger partial charge in [-0.15, -0.1) is 0 Å². The fourth-order valence-electron chi connectivity index (χ4n) is 0.499. The Labute approximate surface area is 81.9 Å². The highest BCUT2D eigenvalue weighted by Crippen LogP contribution is 1.74. The van der Waals surface area contributed by atoms with Gasteiger partial charge in [-0.1, -0.05) is 0 Å². The highest BCUT2D eigenvalue weighted by atomic mass is 16.6. The number of carbonyl (C=O) groups is 2. The van der Waals surface area contributed by atoms with Crippen molar-refractivity contribution in [2.24, 2.45) is 0 Å². The van der Waals surface area contributed by atoms with Crippen LogP contribution in [0.25, 0.3) is 0 Å². The van der Waals surface area contributed by atoms with Gasteiger partial charge in [-0.3, -0.25) is 0 Å². The van der Waals surface area contributed by atoms with E-state index < -0.39 is 12.2 Å². The van der Waals surface area contributed by atoms with Gasteiger partial charge < -0.3 is 9.47 Å². The summed E-state index contributed by atoms with van der Waals surface area (Å²) in [6.45, 7) is 3.87. The lowest BCUT2D eigenvalue weighted by Crippen LogP contribution is -2.22. The van der Waals surface area contributed by atoms with E-state index in [1.165, 1.54) is 0 Å². The molecule has 0 aromatic rings. The van der Waals surface area contributed by atoms with Crippen LogP contribution in [-0.2, 0) is 9.47 Å². The van der Waals surface area contributed by atoms with Crippen molar-refractivity contribution in [1.29, 1.82) is 0 Å². The molecule has 0 aliphatic carbocycles. The predicted octanol–water partition coefficient (Wildman–Crippen LogP) is 0.397. The number of nitrogens with one attached hydrogen (secondary N) is 2. The standard InChI is InChI=1S/C8H12N2O4/c1-3-13-7(11)9-5-6-10-8(12)14-4-2/h3-4H2,1-2H3,(H,9,11)(H,10,12). The second-order valence-corrected chi connectivity index (χ2v) is 1.94. The van der Waals surface area contributed by atoms with Crippen LogP contribution in [0.2, 0.25) is 0 Å². The number of hydrogen-bond acceptors (Lipinski definition) is 4. The Morgan fingerprint density at radius 3 is 1.64 bits per heavy atom. The molecule has 0 heterocycles. The molecule has 6 heteroatoms. The Bertz CT molecular complexity index is 230. The summed E-state index contributed by atoms with van der Waals surface area (Å²) in [4.78, 5) is 21.3. The molecule has 0 aromatic carbocycles. The molecule has 0 radical (unpaired) electrons. The molecule has 0 unspecified atom stereocenters. The largest absolute Gasteiger partial charge is 0.449 e. The summed E-state index contributed by atoms with van der Waals surface area (Å²) < 4.78 is 9.00. The monoisotopic (exact) mass is 200 g/mol. The minimum Gasteiger partial charge on any atom is -0.449 e. The van der Waals surface area contributed by atoms with Crippen molar-refractivity contribution in [3.05, 3.63) is 0 Å². The minimum absolute atomic E-state index is 0.263. The molecular formula is C8H12N2O4. The summed E-state index contributed by atoms with van der Waals surface area (Å²) in [7, 11) is 0. The highest BCUT2D eigenvalue weighted by Gasteiger charge is 1.96. The SMILES string of the molecule is CCOC(=O)NC#CNC(=O)OCC. The van der Waals surface area contributed by atoms with E-state index >= 15 is 0 Å². The lowest BCUT2D eigenvalue weighted by atomic mass is 10.8. The fraction of sp³-hybridized carbons (Fsp3) is 0.500. The van der Waals surface area contributed by atoms with Crippen molar-refractivity contribution in [2.45, 2.75) is 13.8 Å². The van der Waals surface area contributed by atoms with E-state index in [-0.39, 0.29) is 13.2 Å². The number of hydrogen-bond donors (Lipinski definition) is 2. The summed E-state index contributed by atoms with van der Waals surface area (Å²) in [5.74, 6) is 0. The third-order valence-electron chi connectivity index (χ3n) is 0.942. The minimum atomic E-state index is -0.661. The van der Waals surface area contributed by atoms with Gasteiger partial charge in [0.05, 0.1) is 13.2 Å². The topological polar surface area (TPSA) is 76.7 Å². The maximum Gasteiger partial charge on any atom is 0.418 e. The van der Waals surface area contributed by atoms with Gasteiger partial charge in [-0.05, 0) is 13.8 Å². The molecule has 2 N–H and O–H groups in total. The Kier molecular flexibility index (Phi) is 6.68. The maximum atomic E-state index is 10.6. The third kappa shape index (κ3) is 6.79. The first kappa shape index (κ1) is 12.1. The number of rotatable bonds is 2. The molecule has 0 saturated carbocycles. The van der Waals surface area contributed by atoms with Gasteiger partial charge in [-0.25, -0.2) is 20.2 Å². The zero-order valence-electron chi connectivity index (χ0n) is 8.05. The van der Waals surface area contributed by atoms with Crippen LogP contribution >= 0.6 is 0 Å². The zero-order chi connectivity index (χ0) is 10.8. The maximum absolute atomic E-state index is 10.6. The molecule has 0 rings (SSSR count). The van der Waals surface area contributed by atoms with Crippen molar-refractivity contribution in [3.63, 3.8) is 0 Å². The van der Waals surface area contributed by atoms with Gasteiger partial charge in [0.2, 0.25) is 0 Å². The molecule has 78 valence electrons. The number of carbonyl (C=O) groups excluding carboxylic acids is 2. The van der Waals surface area contributed by atoms with Crippen LogP contribution in [0, 0.1) is 12.1 Å². The third-order valence-corrected chi connectivity index (χ3v) is 0.942. The first-order valence-electron chi connectivity index (χ1n) is 4.06. The van der Waals surface area contributed by atoms with E-state index in [4.69, 9.17) is 0 Å². The molecule has 2 amide bonds. The molecule has 0 bridgehead atoms. The van der Waals surface area contributed by atoms with E-state index in [0.717, 1.165) is 0 Å². The smallest absolute Gasteiger partial charge is 0.418 e. The number of ether oxygens (including phenoxy) is 2. The van der Waals surface area contributed by atoms with E-state index in [1.54, 1.807) is 13.8 Å². The molecule has 0 saturated heterocycles. The van der Waals surface area contributed by atoms with Crippen molar-refractivity contribution in [3.8, 4) is 12.1 Å². The van der Waals surface area contributed by atoms with Gasteiger partial charge in [0.1, 0.15) is 0 Å². The quantitative estimate of drug-likeness (QED) is 0.499. The van der Waals surface area contributed by atoms with E-state index in [0.29, 0.717) is 0 Å². The summed E-state index contributed by atoms with van der Waals surface area (Å²) in [5.41, 5.74) is 0. The lowest BCUT2D eigenvalue weighted by molar-refractivity contribution is 0.155. The normalized spacial score (nSPS) is 7.86. The first-order chi connectivity index (χ1) is 6.70. The van der Waals surface area contributed by atoms with E-state index in [9.17, 15) is 9.59 Å². The van der Waals surface area contributed by atoms with Crippen molar-refractivity contribution in [2.75, 3.05) is 13.2 Å². The van der Waals surface area contributed by atoms with Gasteiger partial charge >= 0.3 is 12.2 Å². The summed E-state index contributed by atoms with van der Waals surface area (Å²) in [5, 5.41) is 4.18. The fourth-order valence-corrected chi connectivity index (χ4v) is 0.499. The van der Waals surface area contributed by atoms with Crippen LogP contribution in [-0.4, -0.2) is 25.4 Å². The van der Waals surface area contributed by atoms with Crippen LogP contribution in [0.5, 0.6) is 0 Å². The van der Waals surface area contributed by atoms with Crippen LogP contribution in [0.4, 0.5) is 9.59 Å². The average molecular weight is 200 g/mol. The highest BCUT2D eigenvalue weighted by molar-refractivity contribution is 5.71. The van der Waals surface area contributed by atoms with Crippen LogP contribution in [0.1, 0.15) is 13.8 Å². The predicted molar refractivity (Wildman–Crippen MR) is 48.1 cm³/mol. The number of alkyl carbamates (subject to hydrolysis) is 2. The summed E-state index contributed by atoms with van der Waals surface area (Å²) >= 11 is 0. The van der Waals surface area contributed by atoms with Gasteiger partial charge in [0.15, 0.2) is 0 Å². The number of amides is 2. The molecule has 0 spiro atoms. The first-order valence-corrected chi connectivity index (χ1v) is 4.06. The Morgan fingerprint density at radius 1 is 1.00 bits per heavy atom. The Balaban J connectivity index is 3.62. The second-order valence-electron chi connectivity index (χ2n) is 1.94. The Morgan fingerprint density at radius 2 is 1.36 bits per heavy atom. The van der Waals surface area contributed by atoms with Crippen molar-refractivity contribution < 1.29 is 19.1 Å². The van der Waals surface area contributed by atoms with Crippen LogP contribution < -0.4 is 10.6 Å². The van der Waals surface area contributed by atoms with Gasteiger partial charge in [-0.2, -0.15) is 0 Å². The molecule has 6 nitrogen and oxygen atoms in total. The molecule has 0 aromatic heterocycles.